The van der Waals surface area contributed by atoms with Gasteiger partial charge < -0.3 is 4.40 Å². The van der Waals surface area contributed by atoms with Crippen molar-refractivity contribution < 1.29 is 0 Å². The second kappa shape index (κ2) is 2.63. The molecule has 0 saturated carbocycles. The summed E-state index contributed by atoms with van der Waals surface area (Å²) in [4.78, 5) is 4.32. The lowest BCUT2D eigenvalue weighted by molar-refractivity contribution is 1.07. The predicted octanol–water partition coefficient (Wildman–Crippen LogP) is 2.21. The van der Waals surface area contributed by atoms with Gasteiger partial charge in [0, 0.05) is 6.20 Å². The van der Waals surface area contributed by atoms with Crippen LogP contribution in [0.4, 0.5) is 0 Å². The van der Waals surface area contributed by atoms with Crippen molar-refractivity contribution in [1.82, 2.24) is 9.38 Å². The lowest BCUT2D eigenvalue weighted by atomic mass is 10.2. The molecule has 0 fully saturated rings. The Morgan fingerprint density at radius 3 is 3.08 bits per heavy atom. The van der Waals surface area contributed by atoms with E-state index in [0.717, 1.165) is 6.42 Å². The molecule has 0 bridgehead atoms. The summed E-state index contributed by atoms with van der Waals surface area (Å²) in [5.41, 5.74) is 3.70. The van der Waals surface area contributed by atoms with Gasteiger partial charge in [-0.3, -0.25) is 0 Å². The summed E-state index contributed by atoms with van der Waals surface area (Å²) in [5.74, 6) is 0. The van der Waals surface area contributed by atoms with Crippen molar-refractivity contribution in [1.29, 1.82) is 0 Å². The van der Waals surface area contributed by atoms with E-state index in [1.54, 1.807) is 0 Å². The van der Waals surface area contributed by atoms with E-state index < -0.39 is 0 Å². The van der Waals surface area contributed by atoms with Crippen LogP contribution < -0.4 is 0 Å². The van der Waals surface area contributed by atoms with Crippen LogP contribution in [0.1, 0.15) is 18.2 Å². The molecule has 0 aliphatic rings. The molecule has 2 heterocycles. The number of imidazole rings is 1. The standard InChI is InChI=1S/C10H12N2/c1-3-9-10-6-8(2)4-5-12(10)7-11-9/h4-7H,3H2,1-2H3. The van der Waals surface area contributed by atoms with Crippen LogP contribution in [0.5, 0.6) is 0 Å². The molecule has 0 aromatic carbocycles. The minimum absolute atomic E-state index is 1.000. The Hall–Kier alpha value is -1.31. The molecule has 62 valence electrons. The molecule has 0 amide bonds. The molecular weight excluding hydrogens is 148 g/mol. The Morgan fingerprint density at radius 1 is 1.50 bits per heavy atom. The summed E-state index contributed by atoms with van der Waals surface area (Å²) in [6, 6.07) is 4.26. The SMILES string of the molecule is CCc1ncn2ccc(C)cc12. The summed E-state index contributed by atoms with van der Waals surface area (Å²) in [6.45, 7) is 4.23. The van der Waals surface area contributed by atoms with Crippen LogP contribution in [0, 0.1) is 6.92 Å². The van der Waals surface area contributed by atoms with Crippen LogP contribution in [0.15, 0.2) is 24.7 Å². The molecule has 2 heteroatoms. The Bertz CT molecular complexity index is 401. The fourth-order valence-electron chi connectivity index (χ4n) is 1.42. The molecule has 12 heavy (non-hydrogen) atoms. The molecule has 0 radical (unpaired) electrons. The number of aromatic nitrogens is 2. The molecule has 2 rings (SSSR count). The summed E-state index contributed by atoms with van der Waals surface area (Å²) in [7, 11) is 0. The fraction of sp³-hybridized carbons (Fsp3) is 0.300. The van der Waals surface area contributed by atoms with E-state index in [4.69, 9.17) is 0 Å². The molecule has 0 aliphatic heterocycles. The van der Waals surface area contributed by atoms with Gasteiger partial charge in [-0.15, -0.1) is 0 Å². The topological polar surface area (TPSA) is 17.3 Å². The number of nitrogens with zero attached hydrogens (tertiary/aromatic N) is 2. The first-order valence-corrected chi connectivity index (χ1v) is 4.23. The molecule has 2 aromatic heterocycles. The smallest absolute Gasteiger partial charge is 0.0995 e. The number of rotatable bonds is 1. The lowest BCUT2D eigenvalue weighted by Crippen LogP contribution is -1.84. The zero-order valence-electron chi connectivity index (χ0n) is 7.41. The van der Waals surface area contributed by atoms with E-state index in [-0.39, 0.29) is 0 Å². The summed E-state index contributed by atoms with van der Waals surface area (Å²) in [5, 5.41) is 0. The molecule has 0 unspecified atom stereocenters. The van der Waals surface area contributed by atoms with Crippen LogP contribution in [-0.4, -0.2) is 9.38 Å². The first-order chi connectivity index (χ1) is 5.81. The number of hydrogen-bond donors (Lipinski definition) is 0. The third-order valence-electron chi connectivity index (χ3n) is 2.11. The Morgan fingerprint density at radius 2 is 2.33 bits per heavy atom. The minimum Gasteiger partial charge on any atom is -0.306 e. The second-order valence-electron chi connectivity index (χ2n) is 3.04. The van der Waals surface area contributed by atoms with Crippen molar-refractivity contribution in [2.24, 2.45) is 0 Å². The number of aryl methyl sites for hydroxylation is 2. The highest BCUT2D eigenvalue weighted by atomic mass is 15.0. The molecule has 0 atom stereocenters. The Balaban J connectivity index is 2.75. The van der Waals surface area contributed by atoms with Gasteiger partial charge in [-0.1, -0.05) is 6.92 Å². The van der Waals surface area contributed by atoms with Crippen LogP contribution in [-0.2, 0) is 6.42 Å². The number of pyridine rings is 1. The van der Waals surface area contributed by atoms with Crippen LogP contribution in [0.3, 0.4) is 0 Å². The van der Waals surface area contributed by atoms with Gasteiger partial charge in [-0.05, 0) is 31.0 Å². The lowest BCUT2D eigenvalue weighted by Gasteiger charge is -1.96. The second-order valence-corrected chi connectivity index (χ2v) is 3.04. The van der Waals surface area contributed by atoms with Gasteiger partial charge in [-0.2, -0.15) is 0 Å². The van der Waals surface area contributed by atoms with Gasteiger partial charge in [0.15, 0.2) is 0 Å². The highest BCUT2D eigenvalue weighted by Gasteiger charge is 2.00. The third kappa shape index (κ3) is 0.998. The maximum absolute atomic E-state index is 4.32. The first kappa shape index (κ1) is 7.35. The average Bonchev–Trinajstić information content (AvgIpc) is 2.46. The van der Waals surface area contributed by atoms with Crippen molar-refractivity contribution >= 4 is 5.52 Å². The van der Waals surface area contributed by atoms with Gasteiger partial charge >= 0.3 is 0 Å². The van der Waals surface area contributed by atoms with Crippen molar-refractivity contribution in [3.05, 3.63) is 35.9 Å². The normalized spacial score (nSPS) is 10.8. The third-order valence-corrected chi connectivity index (χ3v) is 2.11. The Kier molecular flexibility index (Phi) is 1.61. The van der Waals surface area contributed by atoms with Crippen molar-refractivity contribution in [3.8, 4) is 0 Å². The van der Waals surface area contributed by atoms with E-state index in [2.05, 4.69) is 41.6 Å². The molecule has 0 saturated heterocycles. The van der Waals surface area contributed by atoms with Crippen molar-refractivity contribution in [2.75, 3.05) is 0 Å². The summed E-state index contributed by atoms with van der Waals surface area (Å²) < 4.78 is 2.06. The maximum Gasteiger partial charge on any atom is 0.0995 e. The maximum atomic E-state index is 4.32. The average molecular weight is 160 g/mol. The van der Waals surface area contributed by atoms with Gasteiger partial charge in [0.1, 0.15) is 0 Å². The molecule has 2 aromatic rings. The van der Waals surface area contributed by atoms with Gasteiger partial charge in [0.2, 0.25) is 0 Å². The highest BCUT2D eigenvalue weighted by Crippen LogP contribution is 2.11. The zero-order chi connectivity index (χ0) is 8.55. The van der Waals surface area contributed by atoms with Gasteiger partial charge in [0.25, 0.3) is 0 Å². The number of hydrogen-bond acceptors (Lipinski definition) is 1. The van der Waals surface area contributed by atoms with E-state index in [0.29, 0.717) is 0 Å². The van der Waals surface area contributed by atoms with Crippen molar-refractivity contribution in [3.63, 3.8) is 0 Å². The summed E-state index contributed by atoms with van der Waals surface area (Å²) in [6.07, 6.45) is 4.92. The molecule has 0 spiro atoms. The first-order valence-electron chi connectivity index (χ1n) is 4.23. The van der Waals surface area contributed by atoms with Gasteiger partial charge in [0.05, 0.1) is 17.5 Å². The highest BCUT2D eigenvalue weighted by molar-refractivity contribution is 5.53. The largest absolute Gasteiger partial charge is 0.306 e. The van der Waals surface area contributed by atoms with E-state index in [1.165, 1.54) is 16.8 Å². The van der Waals surface area contributed by atoms with Crippen LogP contribution >= 0.6 is 0 Å². The molecule has 2 nitrogen and oxygen atoms in total. The van der Waals surface area contributed by atoms with E-state index in [9.17, 15) is 0 Å². The number of fused-ring (bicyclic) bond motifs is 1. The Labute approximate surface area is 71.9 Å². The van der Waals surface area contributed by atoms with Crippen LogP contribution in [0.25, 0.3) is 5.52 Å². The zero-order valence-corrected chi connectivity index (χ0v) is 7.41. The predicted molar refractivity (Wildman–Crippen MR) is 49.3 cm³/mol. The fourth-order valence-corrected chi connectivity index (χ4v) is 1.42. The quantitative estimate of drug-likeness (QED) is 0.625. The van der Waals surface area contributed by atoms with E-state index >= 15 is 0 Å². The van der Waals surface area contributed by atoms with Crippen LogP contribution in [0.2, 0.25) is 0 Å². The summed E-state index contributed by atoms with van der Waals surface area (Å²) >= 11 is 0. The molecular formula is C10H12N2. The van der Waals surface area contributed by atoms with Gasteiger partial charge in [-0.25, -0.2) is 4.98 Å². The molecule has 0 aliphatic carbocycles. The monoisotopic (exact) mass is 160 g/mol. The molecule has 0 N–H and O–H groups in total. The van der Waals surface area contributed by atoms with Crippen molar-refractivity contribution in [2.45, 2.75) is 20.3 Å². The van der Waals surface area contributed by atoms with E-state index in [1.807, 2.05) is 6.33 Å². The minimum atomic E-state index is 1.000.